The van der Waals surface area contributed by atoms with Crippen molar-refractivity contribution in [2.45, 2.75) is 0 Å². The fourth-order valence-electron chi connectivity index (χ4n) is 1.69. The second kappa shape index (κ2) is 4.21. The van der Waals surface area contributed by atoms with Gasteiger partial charge in [0.25, 0.3) is 0 Å². The monoisotopic (exact) mass is 230 g/mol. The summed E-state index contributed by atoms with van der Waals surface area (Å²) in [5.41, 5.74) is 1.73. The lowest BCUT2D eigenvalue weighted by atomic mass is 10.0. The van der Waals surface area contributed by atoms with Crippen molar-refractivity contribution in [1.29, 1.82) is 0 Å². The predicted octanol–water partition coefficient (Wildman–Crippen LogP) is 1.48. The van der Waals surface area contributed by atoms with Gasteiger partial charge in [-0.25, -0.2) is 4.79 Å². The number of nitrogens with zero attached hydrogens (tertiary/aromatic N) is 2. The predicted molar refractivity (Wildman–Crippen MR) is 62.8 cm³/mol. The summed E-state index contributed by atoms with van der Waals surface area (Å²) in [5, 5.41) is 13.5. The van der Waals surface area contributed by atoms with Crippen LogP contribution in [0.4, 0.5) is 0 Å². The number of aldehydes is 1. The zero-order chi connectivity index (χ0) is 12.4. The van der Waals surface area contributed by atoms with E-state index in [0.29, 0.717) is 22.9 Å². The molecule has 0 aliphatic rings. The summed E-state index contributed by atoms with van der Waals surface area (Å²) in [6.45, 7) is 0. The standard InChI is InChI=1S/C12H10N2O3/c1-14-6-9-10(7-15)8(3-5-12(16)17)2-4-11(9)13-14/h2-7H,1H3,(H,16,17)/b5-3+. The van der Waals surface area contributed by atoms with Gasteiger partial charge in [0, 0.05) is 30.3 Å². The van der Waals surface area contributed by atoms with Gasteiger partial charge in [-0.15, -0.1) is 0 Å². The van der Waals surface area contributed by atoms with Crippen molar-refractivity contribution in [2.75, 3.05) is 0 Å². The minimum Gasteiger partial charge on any atom is -0.478 e. The van der Waals surface area contributed by atoms with Gasteiger partial charge < -0.3 is 5.11 Å². The van der Waals surface area contributed by atoms with Crippen LogP contribution in [0.1, 0.15) is 15.9 Å². The van der Waals surface area contributed by atoms with Gasteiger partial charge in [0.2, 0.25) is 0 Å². The molecule has 0 fully saturated rings. The molecular weight excluding hydrogens is 220 g/mol. The Bertz CT molecular complexity index is 626. The molecule has 0 spiro atoms. The van der Waals surface area contributed by atoms with Crippen LogP contribution in [0.2, 0.25) is 0 Å². The van der Waals surface area contributed by atoms with Gasteiger partial charge >= 0.3 is 5.97 Å². The normalized spacial score (nSPS) is 11.1. The Morgan fingerprint density at radius 2 is 2.24 bits per heavy atom. The van der Waals surface area contributed by atoms with Crippen molar-refractivity contribution in [3.63, 3.8) is 0 Å². The van der Waals surface area contributed by atoms with E-state index < -0.39 is 5.97 Å². The molecule has 2 aromatic rings. The van der Waals surface area contributed by atoms with Crippen LogP contribution >= 0.6 is 0 Å². The van der Waals surface area contributed by atoms with Gasteiger partial charge in [-0.2, -0.15) is 5.10 Å². The lowest BCUT2D eigenvalue weighted by Crippen LogP contribution is -1.90. The summed E-state index contributed by atoms with van der Waals surface area (Å²) in [7, 11) is 1.77. The van der Waals surface area contributed by atoms with E-state index in [1.165, 1.54) is 6.08 Å². The van der Waals surface area contributed by atoms with Gasteiger partial charge in [0.1, 0.15) is 0 Å². The number of carboxylic acids is 1. The number of hydrogen-bond donors (Lipinski definition) is 1. The molecule has 0 amide bonds. The van der Waals surface area contributed by atoms with E-state index in [1.54, 1.807) is 30.1 Å². The molecule has 0 atom stereocenters. The van der Waals surface area contributed by atoms with Crippen LogP contribution in [-0.4, -0.2) is 27.1 Å². The molecule has 1 aromatic carbocycles. The Morgan fingerprint density at radius 3 is 2.88 bits per heavy atom. The van der Waals surface area contributed by atoms with Crippen LogP contribution in [0, 0.1) is 0 Å². The third kappa shape index (κ3) is 2.08. The van der Waals surface area contributed by atoms with Gasteiger partial charge in [-0.3, -0.25) is 9.48 Å². The Kier molecular flexibility index (Phi) is 2.74. The molecule has 17 heavy (non-hydrogen) atoms. The Morgan fingerprint density at radius 1 is 1.47 bits per heavy atom. The number of rotatable bonds is 3. The Hall–Kier alpha value is -2.43. The number of carboxylic acid groups (broad SMARTS) is 1. The van der Waals surface area contributed by atoms with E-state index in [2.05, 4.69) is 5.10 Å². The fourth-order valence-corrected chi connectivity index (χ4v) is 1.69. The number of carbonyl (C=O) groups excluding carboxylic acids is 1. The van der Waals surface area contributed by atoms with Gasteiger partial charge in [0.05, 0.1) is 5.52 Å². The van der Waals surface area contributed by atoms with Gasteiger partial charge in [0.15, 0.2) is 6.29 Å². The number of benzene rings is 1. The van der Waals surface area contributed by atoms with E-state index in [-0.39, 0.29) is 0 Å². The first kappa shape index (κ1) is 11.1. The van der Waals surface area contributed by atoms with E-state index in [4.69, 9.17) is 5.11 Å². The van der Waals surface area contributed by atoms with Crippen molar-refractivity contribution >= 4 is 29.2 Å². The number of aromatic nitrogens is 2. The lowest BCUT2D eigenvalue weighted by Gasteiger charge is -1.99. The second-order valence-electron chi connectivity index (χ2n) is 3.59. The van der Waals surface area contributed by atoms with Crippen molar-refractivity contribution < 1.29 is 14.7 Å². The molecule has 5 heteroatoms. The third-order valence-electron chi connectivity index (χ3n) is 2.40. The third-order valence-corrected chi connectivity index (χ3v) is 2.40. The molecule has 0 aliphatic carbocycles. The van der Waals surface area contributed by atoms with Crippen LogP contribution < -0.4 is 0 Å². The first-order valence-electron chi connectivity index (χ1n) is 4.94. The van der Waals surface area contributed by atoms with Crippen molar-refractivity contribution in [2.24, 2.45) is 7.05 Å². The highest BCUT2D eigenvalue weighted by Gasteiger charge is 2.08. The summed E-state index contributed by atoms with van der Waals surface area (Å²) in [4.78, 5) is 21.5. The van der Waals surface area contributed by atoms with Crippen LogP contribution in [0.15, 0.2) is 24.4 Å². The van der Waals surface area contributed by atoms with Crippen molar-refractivity contribution in [3.8, 4) is 0 Å². The van der Waals surface area contributed by atoms with Gasteiger partial charge in [-0.1, -0.05) is 6.07 Å². The van der Waals surface area contributed by atoms with E-state index >= 15 is 0 Å². The molecule has 0 unspecified atom stereocenters. The minimum atomic E-state index is -1.05. The highest BCUT2D eigenvalue weighted by Crippen LogP contribution is 2.21. The van der Waals surface area contributed by atoms with E-state index in [9.17, 15) is 9.59 Å². The smallest absolute Gasteiger partial charge is 0.328 e. The maximum Gasteiger partial charge on any atom is 0.328 e. The molecule has 0 aliphatic heterocycles. The van der Waals surface area contributed by atoms with Crippen molar-refractivity contribution in [3.05, 3.63) is 35.5 Å². The molecule has 1 N–H and O–H groups in total. The molecular formula is C12H10N2O3. The number of aryl methyl sites for hydroxylation is 1. The van der Waals surface area contributed by atoms with Crippen LogP contribution in [0.5, 0.6) is 0 Å². The zero-order valence-corrected chi connectivity index (χ0v) is 9.12. The highest BCUT2D eigenvalue weighted by atomic mass is 16.4. The molecule has 5 nitrogen and oxygen atoms in total. The first-order chi connectivity index (χ1) is 8.11. The molecule has 86 valence electrons. The summed E-state index contributed by atoms with van der Waals surface area (Å²) in [6.07, 6.45) is 4.85. The highest BCUT2D eigenvalue weighted by molar-refractivity contribution is 6.01. The maximum absolute atomic E-state index is 11.1. The maximum atomic E-state index is 11.1. The van der Waals surface area contributed by atoms with Crippen LogP contribution in [-0.2, 0) is 11.8 Å². The summed E-state index contributed by atoms with van der Waals surface area (Å²) < 4.78 is 1.61. The summed E-state index contributed by atoms with van der Waals surface area (Å²) in [5.74, 6) is -1.05. The second-order valence-corrected chi connectivity index (χ2v) is 3.59. The number of aliphatic carboxylic acids is 1. The molecule has 0 saturated heterocycles. The molecule has 0 bridgehead atoms. The van der Waals surface area contributed by atoms with Crippen LogP contribution in [0.25, 0.3) is 17.0 Å². The average Bonchev–Trinajstić information content (AvgIpc) is 2.65. The molecule has 2 rings (SSSR count). The number of hydrogen-bond acceptors (Lipinski definition) is 3. The molecule has 1 aromatic heterocycles. The summed E-state index contributed by atoms with van der Waals surface area (Å²) >= 11 is 0. The Labute approximate surface area is 97.0 Å². The number of carbonyl (C=O) groups is 2. The first-order valence-corrected chi connectivity index (χ1v) is 4.94. The lowest BCUT2D eigenvalue weighted by molar-refractivity contribution is -0.131. The minimum absolute atomic E-state index is 0.452. The largest absolute Gasteiger partial charge is 0.478 e. The molecule has 0 saturated carbocycles. The van der Waals surface area contributed by atoms with Crippen molar-refractivity contribution in [1.82, 2.24) is 9.78 Å². The van der Waals surface area contributed by atoms with E-state index in [1.807, 2.05) is 0 Å². The zero-order valence-electron chi connectivity index (χ0n) is 9.12. The topological polar surface area (TPSA) is 72.2 Å². The average molecular weight is 230 g/mol. The fraction of sp³-hybridized carbons (Fsp3) is 0.0833. The SMILES string of the molecule is Cn1cc2c(C=O)c(/C=C/C(=O)O)ccc2n1. The molecule has 0 radical (unpaired) electrons. The Balaban J connectivity index is 2.64. The molecule has 1 heterocycles. The summed E-state index contributed by atoms with van der Waals surface area (Å²) in [6, 6.07) is 3.43. The van der Waals surface area contributed by atoms with Crippen LogP contribution in [0.3, 0.4) is 0 Å². The number of fused-ring (bicyclic) bond motifs is 1. The van der Waals surface area contributed by atoms with E-state index in [0.717, 1.165) is 11.5 Å². The van der Waals surface area contributed by atoms with Gasteiger partial charge in [-0.05, 0) is 17.7 Å². The quantitative estimate of drug-likeness (QED) is 0.640.